The van der Waals surface area contributed by atoms with Crippen LogP contribution in [-0.4, -0.2) is 17.4 Å². The van der Waals surface area contributed by atoms with E-state index in [0.717, 1.165) is 11.8 Å². The predicted molar refractivity (Wildman–Crippen MR) is 125 cm³/mol. The first-order chi connectivity index (χ1) is 14.2. The third-order valence-electron chi connectivity index (χ3n) is 5.31. The Bertz CT molecular complexity index is 1050. The molecule has 0 aromatic heterocycles. The number of hydrogen-bond donors (Lipinski definition) is 2. The summed E-state index contributed by atoms with van der Waals surface area (Å²) in [6.07, 6.45) is 0.287. The van der Waals surface area contributed by atoms with Crippen molar-refractivity contribution in [2.75, 3.05) is 6.29 Å². The zero-order valence-electron chi connectivity index (χ0n) is 16.6. The summed E-state index contributed by atoms with van der Waals surface area (Å²) in [5, 5.41) is 19.7. The molecule has 146 valence electrons. The lowest BCUT2D eigenvalue weighted by atomic mass is 10.0. The highest BCUT2D eigenvalue weighted by Gasteiger charge is 2.20. The van der Waals surface area contributed by atoms with Crippen LogP contribution >= 0.6 is 7.92 Å². The number of benzene rings is 4. The van der Waals surface area contributed by atoms with Gasteiger partial charge in [0.05, 0.1) is 6.10 Å². The monoisotopic (exact) mass is 399 g/mol. The molecule has 0 aliphatic heterocycles. The van der Waals surface area contributed by atoms with Gasteiger partial charge in [0.25, 0.3) is 0 Å². The van der Waals surface area contributed by atoms with Crippen LogP contribution in [0.4, 0.5) is 0 Å². The SMILES string of the molecule is C[C@H](NC[P@@](c1ccccc1)c1cccc2ccccc12)[C@H](O)c1ccccc1. The Balaban J connectivity index is 1.62. The van der Waals surface area contributed by atoms with Crippen LogP contribution in [0.1, 0.15) is 18.6 Å². The van der Waals surface area contributed by atoms with Crippen molar-refractivity contribution in [3.05, 3.63) is 109 Å². The predicted octanol–water partition coefficient (Wildman–Crippen LogP) is 4.94. The van der Waals surface area contributed by atoms with Crippen molar-refractivity contribution >= 4 is 29.3 Å². The number of fused-ring (bicyclic) bond motifs is 1. The number of nitrogens with one attached hydrogen (secondary N) is 1. The van der Waals surface area contributed by atoms with Crippen molar-refractivity contribution in [2.24, 2.45) is 0 Å². The number of aliphatic hydroxyl groups is 1. The smallest absolute Gasteiger partial charge is 0.0940 e. The molecule has 4 aromatic carbocycles. The molecule has 0 radical (unpaired) electrons. The van der Waals surface area contributed by atoms with Crippen LogP contribution in [0.5, 0.6) is 0 Å². The zero-order valence-corrected chi connectivity index (χ0v) is 17.5. The van der Waals surface area contributed by atoms with E-state index in [1.54, 1.807) is 0 Å². The first kappa shape index (κ1) is 19.8. The average Bonchev–Trinajstić information content (AvgIpc) is 2.80. The fraction of sp³-hybridized carbons (Fsp3) is 0.154. The normalized spacial score (nSPS) is 14.4. The van der Waals surface area contributed by atoms with Crippen molar-refractivity contribution < 1.29 is 5.11 Å². The van der Waals surface area contributed by atoms with Crippen molar-refractivity contribution in [1.29, 1.82) is 0 Å². The first-order valence-electron chi connectivity index (χ1n) is 10.0. The van der Waals surface area contributed by atoms with E-state index in [1.165, 1.54) is 21.4 Å². The van der Waals surface area contributed by atoms with Gasteiger partial charge in [-0.05, 0) is 41.8 Å². The third-order valence-corrected chi connectivity index (χ3v) is 7.70. The molecule has 0 amide bonds. The molecule has 2 N–H and O–H groups in total. The highest BCUT2D eigenvalue weighted by Crippen LogP contribution is 2.35. The van der Waals surface area contributed by atoms with Crippen LogP contribution in [0, 0.1) is 0 Å². The quantitative estimate of drug-likeness (QED) is 0.432. The Morgan fingerprint density at radius 1 is 0.759 bits per heavy atom. The van der Waals surface area contributed by atoms with E-state index in [1.807, 2.05) is 30.3 Å². The van der Waals surface area contributed by atoms with E-state index in [9.17, 15) is 5.11 Å². The molecule has 4 aromatic rings. The van der Waals surface area contributed by atoms with Gasteiger partial charge >= 0.3 is 0 Å². The molecule has 0 aliphatic carbocycles. The van der Waals surface area contributed by atoms with Crippen LogP contribution < -0.4 is 15.9 Å². The minimum atomic E-state index is -0.599. The molecule has 3 heteroatoms. The minimum absolute atomic E-state index is 0.0407. The van der Waals surface area contributed by atoms with Crippen LogP contribution in [0.25, 0.3) is 10.8 Å². The van der Waals surface area contributed by atoms with Gasteiger partial charge in [-0.1, -0.05) is 103 Å². The lowest BCUT2D eigenvalue weighted by Gasteiger charge is -2.26. The Labute approximate surface area is 174 Å². The molecule has 0 spiro atoms. The second-order valence-corrected chi connectivity index (χ2v) is 9.44. The highest BCUT2D eigenvalue weighted by molar-refractivity contribution is 7.73. The van der Waals surface area contributed by atoms with Gasteiger partial charge in [0.2, 0.25) is 0 Å². The number of rotatable bonds is 7. The molecule has 0 unspecified atom stereocenters. The maximum atomic E-state index is 10.8. The molecule has 0 bridgehead atoms. The largest absolute Gasteiger partial charge is 0.387 e. The summed E-state index contributed by atoms with van der Waals surface area (Å²) in [5.74, 6) is 0. The molecule has 0 saturated carbocycles. The van der Waals surface area contributed by atoms with Crippen molar-refractivity contribution in [1.82, 2.24) is 5.32 Å². The summed E-state index contributed by atoms with van der Waals surface area (Å²) in [6, 6.07) is 35.7. The van der Waals surface area contributed by atoms with E-state index in [0.29, 0.717) is 0 Å². The van der Waals surface area contributed by atoms with Crippen LogP contribution in [-0.2, 0) is 0 Å². The fourth-order valence-corrected chi connectivity index (χ4v) is 6.05. The average molecular weight is 399 g/mol. The highest BCUT2D eigenvalue weighted by atomic mass is 31.1. The Hall–Kier alpha value is -2.51. The standard InChI is InChI=1S/C26H26NOP/c1-20(26(28)22-12-4-2-5-13-22)27-19-29(23-15-6-3-7-16-23)25-18-10-14-21-11-8-9-17-24(21)25/h2-18,20,26-28H,19H2,1H3/t20-,26-,29-/m0/s1. The molecule has 0 fully saturated rings. The van der Waals surface area contributed by atoms with Crippen LogP contribution in [0.3, 0.4) is 0 Å². The maximum absolute atomic E-state index is 10.8. The Morgan fingerprint density at radius 2 is 1.38 bits per heavy atom. The van der Waals surface area contributed by atoms with Gasteiger partial charge in [0.15, 0.2) is 0 Å². The van der Waals surface area contributed by atoms with Gasteiger partial charge in [0, 0.05) is 12.3 Å². The molecule has 2 nitrogen and oxygen atoms in total. The summed E-state index contributed by atoms with van der Waals surface area (Å²) >= 11 is 0. The number of hydrogen-bond acceptors (Lipinski definition) is 2. The van der Waals surface area contributed by atoms with Crippen molar-refractivity contribution in [3.8, 4) is 0 Å². The van der Waals surface area contributed by atoms with E-state index in [4.69, 9.17) is 0 Å². The van der Waals surface area contributed by atoms with Crippen molar-refractivity contribution in [3.63, 3.8) is 0 Å². The van der Waals surface area contributed by atoms with E-state index >= 15 is 0 Å². The van der Waals surface area contributed by atoms with Gasteiger partial charge in [-0.25, -0.2) is 0 Å². The Kier molecular flexibility index (Phi) is 6.36. The molecule has 29 heavy (non-hydrogen) atoms. The van der Waals surface area contributed by atoms with Gasteiger partial charge in [-0.3, -0.25) is 0 Å². The zero-order chi connectivity index (χ0) is 20.1. The second kappa shape index (κ2) is 9.33. The molecule has 4 rings (SSSR count). The van der Waals surface area contributed by atoms with Crippen LogP contribution in [0.2, 0.25) is 0 Å². The maximum Gasteiger partial charge on any atom is 0.0940 e. The van der Waals surface area contributed by atoms with Gasteiger partial charge in [-0.2, -0.15) is 0 Å². The fourth-order valence-electron chi connectivity index (χ4n) is 3.65. The van der Waals surface area contributed by atoms with Gasteiger partial charge in [-0.15, -0.1) is 0 Å². The summed E-state index contributed by atoms with van der Waals surface area (Å²) in [6.45, 7) is 2.05. The lowest BCUT2D eigenvalue weighted by molar-refractivity contribution is 0.139. The lowest BCUT2D eigenvalue weighted by Crippen LogP contribution is -2.34. The summed E-state index contributed by atoms with van der Waals surface area (Å²) in [7, 11) is -0.599. The van der Waals surface area contributed by atoms with E-state index in [-0.39, 0.29) is 6.04 Å². The van der Waals surface area contributed by atoms with Crippen molar-refractivity contribution in [2.45, 2.75) is 19.1 Å². The molecule has 0 heterocycles. The second-order valence-electron chi connectivity index (χ2n) is 7.27. The van der Waals surface area contributed by atoms with E-state index in [2.05, 4.69) is 85.0 Å². The third kappa shape index (κ3) is 4.57. The van der Waals surface area contributed by atoms with Crippen LogP contribution in [0.15, 0.2) is 103 Å². The molecule has 0 aliphatic rings. The molecular weight excluding hydrogens is 373 g/mol. The molecule has 0 saturated heterocycles. The van der Waals surface area contributed by atoms with Gasteiger partial charge < -0.3 is 10.4 Å². The first-order valence-corrected chi connectivity index (χ1v) is 11.5. The summed E-state index contributed by atoms with van der Waals surface area (Å²) < 4.78 is 0. The number of aliphatic hydroxyl groups excluding tert-OH is 1. The summed E-state index contributed by atoms with van der Waals surface area (Å²) in [5.41, 5.74) is 0.946. The topological polar surface area (TPSA) is 32.3 Å². The van der Waals surface area contributed by atoms with E-state index < -0.39 is 14.0 Å². The molecular formula is C26H26NOP. The Morgan fingerprint density at radius 3 is 2.14 bits per heavy atom. The minimum Gasteiger partial charge on any atom is -0.387 e. The van der Waals surface area contributed by atoms with Gasteiger partial charge in [0.1, 0.15) is 0 Å². The molecule has 3 atom stereocenters. The summed E-state index contributed by atoms with van der Waals surface area (Å²) in [4.78, 5) is 0.